The number of aliphatic carboxylic acids is 1. The van der Waals surface area contributed by atoms with E-state index in [0.29, 0.717) is 0 Å². The SMILES string of the molecule is CC(C)N(C(C)C)C(CC(N)=O)C(=O)O. The topological polar surface area (TPSA) is 83.6 Å². The van der Waals surface area contributed by atoms with Crippen LogP contribution in [0.25, 0.3) is 0 Å². The van der Waals surface area contributed by atoms with Gasteiger partial charge in [0, 0.05) is 12.1 Å². The molecule has 0 aliphatic carbocycles. The molecule has 0 saturated carbocycles. The molecule has 88 valence electrons. The first-order valence-electron chi connectivity index (χ1n) is 5.06. The molecule has 5 nitrogen and oxygen atoms in total. The van der Waals surface area contributed by atoms with Gasteiger partial charge in [-0.2, -0.15) is 0 Å². The molecule has 0 aliphatic heterocycles. The van der Waals surface area contributed by atoms with E-state index >= 15 is 0 Å². The highest BCUT2D eigenvalue weighted by atomic mass is 16.4. The van der Waals surface area contributed by atoms with E-state index in [1.54, 1.807) is 4.90 Å². The summed E-state index contributed by atoms with van der Waals surface area (Å²) in [5.41, 5.74) is 5.04. The molecular weight excluding hydrogens is 196 g/mol. The molecule has 1 atom stereocenters. The van der Waals surface area contributed by atoms with Crippen LogP contribution in [0.5, 0.6) is 0 Å². The fourth-order valence-electron chi connectivity index (χ4n) is 1.83. The average molecular weight is 216 g/mol. The lowest BCUT2D eigenvalue weighted by Gasteiger charge is -2.35. The summed E-state index contributed by atoms with van der Waals surface area (Å²) >= 11 is 0. The number of carbonyl (C=O) groups is 2. The van der Waals surface area contributed by atoms with E-state index in [-0.39, 0.29) is 18.5 Å². The third-order valence-electron chi connectivity index (χ3n) is 2.23. The van der Waals surface area contributed by atoms with Gasteiger partial charge < -0.3 is 10.8 Å². The lowest BCUT2D eigenvalue weighted by Crippen LogP contribution is -2.50. The van der Waals surface area contributed by atoms with Crippen molar-refractivity contribution in [1.82, 2.24) is 4.90 Å². The molecule has 0 fully saturated rings. The van der Waals surface area contributed by atoms with E-state index in [2.05, 4.69) is 0 Å². The molecule has 0 aromatic heterocycles. The number of nitrogens with zero attached hydrogens (tertiary/aromatic N) is 1. The first-order chi connectivity index (χ1) is 6.77. The zero-order chi connectivity index (χ0) is 12.2. The third-order valence-corrected chi connectivity index (χ3v) is 2.23. The number of rotatable bonds is 6. The van der Waals surface area contributed by atoms with Crippen LogP contribution in [0, 0.1) is 0 Å². The Bertz CT molecular complexity index is 231. The van der Waals surface area contributed by atoms with Crippen molar-refractivity contribution >= 4 is 11.9 Å². The summed E-state index contributed by atoms with van der Waals surface area (Å²) < 4.78 is 0. The van der Waals surface area contributed by atoms with Crippen LogP contribution in [-0.4, -0.2) is 40.0 Å². The Kier molecular flexibility index (Phi) is 5.28. The zero-order valence-corrected chi connectivity index (χ0v) is 9.73. The summed E-state index contributed by atoms with van der Waals surface area (Å²) in [6, 6.07) is -0.710. The van der Waals surface area contributed by atoms with Crippen LogP contribution in [0.2, 0.25) is 0 Å². The van der Waals surface area contributed by atoms with Crippen molar-refractivity contribution in [2.75, 3.05) is 0 Å². The largest absolute Gasteiger partial charge is 0.480 e. The van der Waals surface area contributed by atoms with Gasteiger partial charge >= 0.3 is 5.97 Å². The van der Waals surface area contributed by atoms with Crippen LogP contribution in [0.3, 0.4) is 0 Å². The van der Waals surface area contributed by atoms with E-state index in [0.717, 1.165) is 0 Å². The minimum atomic E-state index is -1.00. The molecule has 1 amide bonds. The lowest BCUT2D eigenvalue weighted by atomic mass is 10.1. The predicted molar refractivity (Wildman–Crippen MR) is 57.3 cm³/mol. The Hall–Kier alpha value is -1.10. The smallest absolute Gasteiger partial charge is 0.321 e. The quantitative estimate of drug-likeness (QED) is 0.674. The number of carboxylic acids is 1. The van der Waals surface area contributed by atoms with Crippen molar-refractivity contribution in [2.45, 2.75) is 52.2 Å². The Balaban J connectivity index is 4.84. The molecule has 0 heterocycles. The highest BCUT2D eigenvalue weighted by molar-refractivity contribution is 5.83. The Morgan fingerprint density at radius 3 is 1.80 bits per heavy atom. The van der Waals surface area contributed by atoms with Gasteiger partial charge in [0.15, 0.2) is 0 Å². The number of hydrogen-bond acceptors (Lipinski definition) is 3. The molecule has 0 rings (SSSR count). The number of primary amides is 1. The maximum Gasteiger partial charge on any atom is 0.321 e. The van der Waals surface area contributed by atoms with Crippen molar-refractivity contribution in [3.63, 3.8) is 0 Å². The second-order valence-electron chi connectivity index (χ2n) is 4.16. The van der Waals surface area contributed by atoms with E-state index in [9.17, 15) is 9.59 Å². The standard InChI is InChI=1S/C10H20N2O3/c1-6(2)12(7(3)4)8(10(14)15)5-9(11)13/h6-8H,5H2,1-4H3,(H2,11,13)(H,14,15). The molecule has 0 spiro atoms. The Morgan fingerprint density at radius 1 is 1.20 bits per heavy atom. The van der Waals surface area contributed by atoms with Crippen molar-refractivity contribution in [2.24, 2.45) is 5.73 Å². The Morgan fingerprint density at radius 2 is 1.60 bits per heavy atom. The van der Waals surface area contributed by atoms with Crippen LogP contribution < -0.4 is 5.73 Å². The second kappa shape index (κ2) is 5.70. The molecule has 0 bridgehead atoms. The summed E-state index contributed by atoms with van der Waals surface area (Å²) in [7, 11) is 0. The molecule has 0 radical (unpaired) electrons. The molecule has 3 N–H and O–H groups in total. The molecule has 0 aromatic carbocycles. The number of hydrogen-bond donors (Lipinski definition) is 2. The fraction of sp³-hybridized carbons (Fsp3) is 0.800. The van der Waals surface area contributed by atoms with Crippen molar-refractivity contribution < 1.29 is 14.7 Å². The molecule has 0 saturated heterocycles. The predicted octanol–water partition coefficient (Wildman–Crippen LogP) is 0.434. The fourth-order valence-corrected chi connectivity index (χ4v) is 1.83. The van der Waals surface area contributed by atoms with E-state index in [1.807, 2.05) is 27.7 Å². The monoisotopic (exact) mass is 216 g/mol. The van der Waals surface area contributed by atoms with Crippen LogP contribution in [0.4, 0.5) is 0 Å². The van der Waals surface area contributed by atoms with Gasteiger partial charge in [0.05, 0.1) is 6.42 Å². The molecular formula is C10H20N2O3. The number of carboxylic acid groups (broad SMARTS) is 1. The number of carbonyl (C=O) groups excluding carboxylic acids is 1. The second-order valence-corrected chi connectivity index (χ2v) is 4.16. The molecule has 5 heteroatoms. The molecule has 0 aromatic rings. The zero-order valence-electron chi connectivity index (χ0n) is 9.73. The van der Waals surface area contributed by atoms with E-state index in [1.165, 1.54) is 0 Å². The van der Waals surface area contributed by atoms with Crippen molar-refractivity contribution in [1.29, 1.82) is 0 Å². The van der Waals surface area contributed by atoms with Crippen molar-refractivity contribution in [3.05, 3.63) is 0 Å². The minimum Gasteiger partial charge on any atom is -0.480 e. The Labute approximate surface area is 90.2 Å². The highest BCUT2D eigenvalue weighted by Crippen LogP contribution is 2.13. The van der Waals surface area contributed by atoms with Gasteiger partial charge in [-0.05, 0) is 27.7 Å². The third kappa shape index (κ3) is 4.29. The first kappa shape index (κ1) is 13.9. The average Bonchev–Trinajstić information content (AvgIpc) is 2.00. The summed E-state index contributed by atoms with van der Waals surface area (Å²) in [6.45, 7) is 7.60. The van der Waals surface area contributed by atoms with Crippen LogP contribution in [-0.2, 0) is 9.59 Å². The summed E-state index contributed by atoms with van der Waals surface area (Å²) in [5, 5.41) is 9.04. The van der Waals surface area contributed by atoms with Crippen LogP contribution >= 0.6 is 0 Å². The maximum atomic E-state index is 11.0. The summed E-state index contributed by atoms with van der Waals surface area (Å²) in [4.78, 5) is 23.6. The highest BCUT2D eigenvalue weighted by Gasteiger charge is 2.30. The lowest BCUT2D eigenvalue weighted by molar-refractivity contribution is -0.147. The summed E-state index contributed by atoms with van der Waals surface area (Å²) in [5.74, 6) is -1.59. The van der Waals surface area contributed by atoms with E-state index < -0.39 is 17.9 Å². The van der Waals surface area contributed by atoms with Crippen molar-refractivity contribution in [3.8, 4) is 0 Å². The first-order valence-corrected chi connectivity index (χ1v) is 5.06. The molecule has 1 unspecified atom stereocenters. The molecule has 15 heavy (non-hydrogen) atoms. The molecule has 0 aliphatic rings. The normalized spacial score (nSPS) is 13.5. The van der Waals surface area contributed by atoms with Crippen LogP contribution in [0.1, 0.15) is 34.1 Å². The minimum absolute atomic E-state index is 0.0606. The van der Waals surface area contributed by atoms with Gasteiger partial charge in [-0.3, -0.25) is 14.5 Å². The number of nitrogens with two attached hydrogens (primary N) is 1. The number of amides is 1. The van der Waals surface area contributed by atoms with E-state index in [4.69, 9.17) is 10.8 Å². The van der Waals surface area contributed by atoms with Gasteiger partial charge in [-0.15, -0.1) is 0 Å². The van der Waals surface area contributed by atoms with Gasteiger partial charge in [0.1, 0.15) is 6.04 Å². The van der Waals surface area contributed by atoms with Gasteiger partial charge in [-0.1, -0.05) is 0 Å². The van der Waals surface area contributed by atoms with Gasteiger partial charge in [0.25, 0.3) is 0 Å². The van der Waals surface area contributed by atoms with Crippen LogP contribution in [0.15, 0.2) is 0 Å². The summed E-state index contributed by atoms with van der Waals surface area (Å²) in [6.07, 6.45) is -0.147. The van der Waals surface area contributed by atoms with Gasteiger partial charge in [-0.25, -0.2) is 0 Å². The van der Waals surface area contributed by atoms with Gasteiger partial charge in [0.2, 0.25) is 5.91 Å². The maximum absolute atomic E-state index is 11.0.